The zero-order chi connectivity index (χ0) is 31.7. The number of rotatable bonds is 9. The van der Waals surface area contributed by atoms with Crippen molar-refractivity contribution in [3.05, 3.63) is 65.0 Å². The van der Waals surface area contributed by atoms with Gasteiger partial charge < -0.3 is 24.9 Å². The average molecular weight is 608 g/mol. The number of halogens is 4. The van der Waals surface area contributed by atoms with E-state index in [9.17, 15) is 32.6 Å². The van der Waals surface area contributed by atoms with Gasteiger partial charge in [-0.3, -0.25) is 4.79 Å². The zero-order valence-electron chi connectivity index (χ0n) is 25.7. The molecule has 0 spiro atoms. The van der Waals surface area contributed by atoms with Crippen molar-refractivity contribution < 1.29 is 32.6 Å². The normalized spacial score (nSPS) is 24.5. The summed E-state index contributed by atoms with van der Waals surface area (Å²) in [7, 11) is 3.82. The maximum absolute atomic E-state index is 14.9. The Morgan fingerprint density at radius 2 is 1.74 bits per heavy atom. The molecule has 4 rings (SSSR count). The molecule has 6 nitrogen and oxygen atoms in total. The molecule has 2 aromatic carbocycles. The standard InChI is InChI=1S/C33H45F4N3O3/c1-21-22(12-8-13-26(21)34)30-24(23-11-6-7-14-27(23)41)19-39(17-9-15-28(38(4)5)32(2,3)43)20-25(30)31(42)40-18-10-16-29(40)33(35,36)37/h6-8,11-14,24-25,28-30,41,43H,9-10,15-20H2,1-5H3/t24-,25+,28+,29-,30+/m0/s1. The van der Waals surface area contributed by atoms with Crippen LogP contribution in [0.3, 0.4) is 0 Å². The van der Waals surface area contributed by atoms with E-state index in [1.807, 2.05) is 19.0 Å². The van der Waals surface area contributed by atoms with Crippen LogP contribution in [0.1, 0.15) is 68.1 Å². The Hall–Kier alpha value is -2.69. The third-order valence-electron chi connectivity index (χ3n) is 9.40. The van der Waals surface area contributed by atoms with Gasteiger partial charge in [0.05, 0.1) is 11.5 Å². The predicted octanol–water partition coefficient (Wildman–Crippen LogP) is 5.67. The number of nitrogens with zero attached hydrogens (tertiary/aromatic N) is 3. The number of hydrogen-bond acceptors (Lipinski definition) is 5. The van der Waals surface area contributed by atoms with Gasteiger partial charge in [0.15, 0.2) is 0 Å². The van der Waals surface area contributed by atoms with Crippen molar-refractivity contribution in [1.82, 2.24) is 14.7 Å². The van der Waals surface area contributed by atoms with Gasteiger partial charge in [-0.1, -0.05) is 30.3 Å². The highest BCUT2D eigenvalue weighted by atomic mass is 19.4. The first-order valence-corrected chi connectivity index (χ1v) is 15.1. The van der Waals surface area contributed by atoms with Crippen molar-refractivity contribution in [2.24, 2.45) is 5.92 Å². The third kappa shape index (κ3) is 7.35. The van der Waals surface area contributed by atoms with Gasteiger partial charge in [-0.15, -0.1) is 0 Å². The first-order chi connectivity index (χ1) is 20.1. The Labute approximate surface area is 252 Å². The maximum atomic E-state index is 14.9. The highest BCUT2D eigenvalue weighted by Crippen LogP contribution is 2.48. The molecular weight excluding hydrogens is 562 g/mol. The fraction of sp³-hybridized carbons (Fsp3) is 0.606. The lowest BCUT2D eigenvalue weighted by molar-refractivity contribution is -0.185. The van der Waals surface area contributed by atoms with E-state index in [2.05, 4.69) is 4.90 Å². The Morgan fingerprint density at radius 3 is 2.37 bits per heavy atom. The average Bonchev–Trinajstić information content (AvgIpc) is 3.42. The summed E-state index contributed by atoms with van der Waals surface area (Å²) in [5.74, 6) is -3.01. The molecule has 1 amide bonds. The van der Waals surface area contributed by atoms with Crippen LogP contribution in [0.25, 0.3) is 0 Å². The molecule has 2 aliphatic heterocycles. The van der Waals surface area contributed by atoms with Gasteiger partial charge >= 0.3 is 6.18 Å². The van der Waals surface area contributed by atoms with Gasteiger partial charge in [0.25, 0.3) is 0 Å². The van der Waals surface area contributed by atoms with Crippen LogP contribution in [0.5, 0.6) is 5.75 Å². The van der Waals surface area contributed by atoms with Crippen molar-refractivity contribution in [3.63, 3.8) is 0 Å². The van der Waals surface area contributed by atoms with E-state index in [-0.39, 0.29) is 37.7 Å². The smallest absolute Gasteiger partial charge is 0.408 e. The summed E-state index contributed by atoms with van der Waals surface area (Å²) in [5.41, 5.74) is 0.566. The number of carbonyl (C=O) groups excluding carboxylic acids is 1. The molecule has 0 aliphatic carbocycles. The van der Waals surface area contributed by atoms with Crippen molar-refractivity contribution >= 4 is 5.91 Å². The lowest BCUT2D eigenvalue weighted by Gasteiger charge is -2.46. The number of carbonyl (C=O) groups is 1. The number of likely N-dealkylation sites (tertiary alicyclic amines) is 2. The number of likely N-dealkylation sites (N-methyl/N-ethyl adjacent to an activating group) is 1. The molecule has 0 aromatic heterocycles. The summed E-state index contributed by atoms with van der Waals surface area (Å²) in [4.78, 5) is 19.3. The fourth-order valence-electron chi connectivity index (χ4n) is 7.40. The topological polar surface area (TPSA) is 67.3 Å². The molecule has 2 fully saturated rings. The Kier molecular flexibility index (Phi) is 10.1. The van der Waals surface area contributed by atoms with E-state index in [1.165, 1.54) is 6.07 Å². The number of amides is 1. The number of phenols is 1. The minimum Gasteiger partial charge on any atom is -0.508 e. The molecule has 5 atom stereocenters. The van der Waals surface area contributed by atoms with Gasteiger partial charge in [-0.25, -0.2) is 4.39 Å². The molecule has 0 radical (unpaired) electrons. The lowest BCUT2D eigenvalue weighted by Crippen LogP contribution is -2.54. The Balaban J connectivity index is 1.75. The molecule has 2 aromatic rings. The van der Waals surface area contributed by atoms with Gasteiger partial charge in [0.2, 0.25) is 5.91 Å². The molecule has 238 valence electrons. The van der Waals surface area contributed by atoms with E-state index in [0.717, 1.165) is 4.90 Å². The third-order valence-corrected chi connectivity index (χ3v) is 9.40. The number of piperidine rings is 1. The summed E-state index contributed by atoms with van der Waals surface area (Å²) < 4.78 is 57.1. The highest BCUT2D eigenvalue weighted by Gasteiger charge is 2.52. The zero-order valence-corrected chi connectivity index (χ0v) is 25.7. The van der Waals surface area contributed by atoms with Crippen LogP contribution in [0.15, 0.2) is 42.5 Å². The molecular formula is C33H45F4N3O3. The number of para-hydroxylation sites is 1. The van der Waals surface area contributed by atoms with Crippen LogP contribution in [0.2, 0.25) is 0 Å². The minimum atomic E-state index is -4.54. The molecule has 43 heavy (non-hydrogen) atoms. The van der Waals surface area contributed by atoms with Gasteiger partial charge in [0.1, 0.15) is 17.6 Å². The first-order valence-electron chi connectivity index (χ1n) is 15.1. The molecule has 2 N–H and O–H groups in total. The van der Waals surface area contributed by atoms with E-state index < -0.39 is 47.3 Å². The van der Waals surface area contributed by atoms with Crippen LogP contribution in [-0.2, 0) is 4.79 Å². The second-order valence-electron chi connectivity index (χ2n) is 13.0. The quantitative estimate of drug-likeness (QED) is 0.360. The van der Waals surface area contributed by atoms with E-state index in [1.54, 1.807) is 57.2 Å². The van der Waals surface area contributed by atoms with Crippen LogP contribution >= 0.6 is 0 Å². The largest absolute Gasteiger partial charge is 0.508 e. The number of hydrogen-bond donors (Lipinski definition) is 2. The molecule has 2 saturated heterocycles. The number of aromatic hydroxyl groups is 1. The van der Waals surface area contributed by atoms with Crippen molar-refractivity contribution in [1.29, 1.82) is 0 Å². The second kappa shape index (κ2) is 13.1. The number of benzene rings is 2. The summed E-state index contributed by atoms with van der Waals surface area (Å²) in [6.45, 7) is 6.37. The Morgan fingerprint density at radius 1 is 1.07 bits per heavy atom. The van der Waals surface area contributed by atoms with E-state index >= 15 is 0 Å². The van der Waals surface area contributed by atoms with Gasteiger partial charge in [0, 0.05) is 37.5 Å². The van der Waals surface area contributed by atoms with Gasteiger partial charge in [-0.05, 0) is 95.9 Å². The van der Waals surface area contributed by atoms with Crippen molar-refractivity contribution in [2.45, 2.75) is 82.2 Å². The van der Waals surface area contributed by atoms with Crippen LogP contribution < -0.4 is 0 Å². The number of alkyl halides is 3. The van der Waals surface area contributed by atoms with Crippen LogP contribution in [0, 0.1) is 18.7 Å². The molecule has 0 unspecified atom stereocenters. The Bertz CT molecular complexity index is 1260. The van der Waals surface area contributed by atoms with Crippen LogP contribution in [-0.4, -0.2) is 95.0 Å². The SMILES string of the molecule is Cc1c(F)cccc1[C@H]1[C@H](C(=O)N2CCC[C@H]2C(F)(F)F)CN(CCC[C@@H](N(C)C)C(C)(C)O)C[C@H]1c1ccccc1O. The first kappa shape index (κ1) is 33.2. The number of phenolic OH excluding ortho intramolecular Hbond substituents is 1. The monoisotopic (exact) mass is 607 g/mol. The summed E-state index contributed by atoms with van der Waals surface area (Å²) in [6.07, 6.45) is -3.07. The fourth-order valence-corrected chi connectivity index (χ4v) is 7.40. The molecule has 2 heterocycles. The highest BCUT2D eigenvalue weighted by molar-refractivity contribution is 5.81. The lowest BCUT2D eigenvalue weighted by atomic mass is 9.69. The molecule has 10 heteroatoms. The summed E-state index contributed by atoms with van der Waals surface area (Å²) >= 11 is 0. The van der Waals surface area contributed by atoms with Gasteiger partial charge in [-0.2, -0.15) is 13.2 Å². The van der Waals surface area contributed by atoms with E-state index in [0.29, 0.717) is 42.6 Å². The predicted molar refractivity (Wildman–Crippen MR) is 158 cm³/mol. The second-order valence-corrected chi connectivity index (χ2v) is 13.0. The van der Waals surface area contributed by atoms with Crippen molar-refractivity contribution in [2.75, 3.05) is 40.3 Å². The molecule has 0 saturated carbocycles. The minimum absolute atomic E-state index is 0.0196. The number of aliphatic hydroxyl groups is 1. The van der Waals surface area contributed by atoms with Crippen molar-refractivity contribution in [3.8, 4) is 5.75 Å². The summed E-state index contributed by atoms with van der Waals surface area (Å²) in [6, 6.07) is 9.51. The van der Waals surface area contributed by atoms with Crippen LogP contribution in [0.4, 0.5) is 17.6 Å². The molecule has 2 aliphatic rings. The summed E-state index contributed by atoms with van der Waals surface area (Å²) in [5, 5.41) is 21.6. The maximum Gasteiger partial charge on any atom is 0.408 e. The van der Waals surface area contributed by atoms with E-state index in [4.69, 9.17) is 0 Å². The molecule has 0 bridgehead atoms.